The predicted molar refractivity (Wildman–Crippen MR) is 66.7 cm³/mol. The largest absolute Gasteiger partial charge is 0.278 e. The van der Waals surface area contributed by atoms with Crippen molar-refractivity contribution in [2.24, 2.45) is 4.99 Å². The quantitative estimate of drug-likeness (QED) is 0.707. The van der Waals surface area contributed by atoms with E-state index < -0.39 is 0 Å². The van der Waals surface area contributed by atoms with Gasteiger partial charge >= 0.3 is 0 Å². The van der Waals surface area contributed by atoms with Crippen LogP contribution in [0.2, 0.25) is 0 Å². The molecule has 0 saturated heterocycles. The third-order valence-corrected chi connectivity index (χ3v) is 3.07. The van der Waals surface area contributed by atoms with Crippen LogP contribution >= 0.6 is 0 Å². The normalized spacial score (nSPS) is 23.1. The van der Waals surface area contributed by atoms with E-state index in [-0.39, 0.29) is 5.54 Å². The summed E-state index contributed by atoms with van der Waals surface area (Å²) in [5, 5.41) is 2.38. The van der Waals surface area contributed by atoms with E-state index in [0.717, 1.165) is 0 Å². The maximum Gasteiger partial charge on any atom is 0.101 e. The topological polar surface area (TPSA) is 25.2 Å². The molecule has 1 aliphatic heterocycles. The number of nitrogens with zero attached hydrogens (tertiary/aromatic N) is 2. The number of aromatic nitrogens is 1. The van der Waals surface area contributed by atoms with Gasteiger partial charge in [-0.15, -0.1) is 0 Å². The fourth-order valence-electron chi connectivity index (χ4n) is 2.04. The maximum absolute atomic E-state index is 4.49. The fourth-order valence-corrected chi connectivity index (χ4v) is 2.04. The van der Waals surface area contributed by atoms with Gasteiger partial charge in [0.2, 0.25) is 0 Å². The van der Waals surface area contributed by atoms with Crippen LogP contribution in [0.3, 0.4) is 0 Å². The highest BCUT2D eigenvalue weighted by molar-refractivity contribution is 5.83. The van der Waals surface area contributed by atoms with Crippen LogP contribution in [-0.4, -0.2) is 11.2 Å². The molecule has 2 heterocycles. The summed E-state index contributed by atoms with van der Waals surface area (Å²) in [6, 6.07) is 8.44. The number of rotatable bonds is 1. The van der Waals surface area contributed by atoms with Crippen LogP contribution in [0, 0.1) is 0 Å². The van der Waals surface area contributed by atoms with E-state index in [4.69, 9.17) is 0 Å². The molecule has 0 N–H and O–H groups in total. The Morgan fingerprint density at radius 2 is 2.06 bits per heavy atom. The molecule has 16 heavy (non-hydrogen) atoms. The Morgan fingerprint density at radius 3 is 2.88 bits per heavy atom. The lowest BCUT2D eigenvalue weighted by Gasteiger charge is -2.19. The van der Waals surface area contributed by atoms with Gasteiger partial charge in [0.05, 0.1) is 0 Å². The smallest absolute Gasteiger partial charge is 0.101 e. The van der Waals surface area contributed by atoms with Crippen molar-refractivity contribution >= 4 is 17.0 Å². The number of pyridine rings is 1. The van der Waals surface area contributed by atoms with E-state index in [1.807, 2.05) is 30.8 Å². The van der Waals surface area contributed by atoms with Crippen LogP contribution < -0.4 is 0 Å². The van der Waals surface area contributed by atoms with Gasteiger partial charge < -0.3 is 0 Å². The first-order valence-corrected chi connectivity index (χ1v) is 5.35. The SMILES string of the molecule is CC1(c2ccc3cnccc3c2)C=CC=N1. The first-order valence-electron chi connectivity index (χ1n) is 5.35. The number of benzene rings is 1. The summed E-state index contributed by atoms with van der Waals surface area (Å²) in [6.07, 6.45) is 9.68. The summed E-state index contributed by atoms with van der Waals surface area (Å²) in [5.74, 6) is 0. The minimum Gasteiger partial charge on any atom is -0.278 e. The summed E-state index contributed by atoms with van der Waals surface area (Å²) in [5.41, 5.74) is 1.02. The Labute approximate surface area is 94.4 Å². The second kappa shape index (κ2) is 3.27. The molecule has 2 aromatic rings. The molecule has 1 unspecified atom stereocenters. The summed E-state index contributed by atoms with van der Waals surface area (Å²) in [4.78, 5) is 8.61. The minimum atomic E-state index is -0.197. The zero-order valence-corrected chi connectivity index (χ0v) is 9.09. The van der Waals surface area contributed by atoms with Gasteiger partial charge in [0.25, 0.3) is 0 Å². The minimum absolute atomic E-state index is 0.197. The number of hydrogen-bond acceptors (Lipinski definition) is 2. The van der Waals surface area contributed by atoms with Crippen LogP contribution in [0.5, 0.6) is 0 Å². The predicted octanol–water partition coefficient (Wildman–Crippen LogP) is 3.09. The van der Waals surface area contributed by atoms with E-state index in [2.05, 4.69) is 41.2 Å². The van der Waals surface area contributed by atoms with Crippen molar-refractivity contribution in [1.29, 1.82) is 0 Å². The van der Waals surface area contributed by atoms with Crippen LogP contribution in [0.1, 0.15) is 12.5 Å². The van der Waals surface area contributed by atoms with E-state index >= 15 is 0 Å². The average Bonchev–Trinajstić information content (AvgIpc) is 2.77. The van der Waals surface area contributed by atoms with Gasteiger partial charge in [-0.2, -0.15) is 0 Å². The molecule has 1 aromatic heterocycles. The van der Waals surface area contributed by atoms with Gasteiger partial charge in [-0.25, -0.2) is 0 Å². The van der Waals surface area contributed by atoms with Crippen molar-refractivity contribution in [2.45, 2.75) is 12.5 Å². The molecule has 78 valence electrons. The van der Waals surface area contributed by atoms with E-state index in [9.17, 15) is 0 Å². The molecule has 0 radical (unpaired) electrons. The molecule has 0 spiro atoms. The summed E-state index contributed by atoms with van der Waals surface area (Å²) < 4.78 is 0. The lowest BCUT2D eigenvalue weighted by atomic mass is 9.92. The summed E-state index contributed by atoms with van der Waals surface area (Å²) in [6.45, 7) is 2.12. The van der Waals surface area contributed by atoms with Gasteiger partial charge in [-0.1, -0.05) is 18.2 Å². The van der Waals surface area contributed by atoms with Crippen molar-refractivity contribution in [3.05, 3.63) is 54.4 Å². The van der Waals surface area contributed by atoms with E-state index in [1.165, 1.54) is 16.3 Å². The highest BCUT2D eigenvalue weighted by atomic mass is 14.8. The van der Waals surface area contributed by atoms with E-state index in [1.54, 1.807) is 0 Å². The Morgan fingerprint density at radius 1 is 1.12 bits per heavy atom. The van der Waals surface area contributed by atoms with Crippen molar-refractivity contribution in [1.82, 2.24) is 4.98 Å². The molecule has 2 heteroatoms. The third kappa shape index (κ3) is 1.34. The molecule has 0 saturated carbocycles. The fraction of sp³-hybridized carbons (Fsp3) is 0.143. The van der Waals surface area contributed by atoms with Crippen molar-refractivity contribution in [3.63, 3.8) is 0 Å². The lowest BCUT2D eigenvalue weighted by molar-refractivity contribution is 0.649. The highest BCUT2D eigenvalue weighted by Crippen LogP contribution is 2.31. The molecule has 1 atom stereocenters. The molecule has 1 aromatic carbocycles. The van der Waals surface area contributed by atoms with Gasteiger partial charge in [0.1, 0.15) is 5.54 Å². The first-order chi connectivity index (χ1) is 7.78. The van der Waals surface area contributed by atoms with Crippen LogP contribution in [-0.2, 0) is 5.54 Å². The zero-order chi connectivity index (χ0) is 11.0. The van der Waals surface area contributed by atoms with Crippen molar-refractivity contribution in [2.75, 3.05) is 0 Å². The number of allylic oxidation sites excluding steroid dienone is 1. The molecule has 0 bridgehead atoms. The zero-order valence-electron chi connectivity index (χ0n) is 9.09. The molecular weight excluding hydrogens is 196 g/mol. The molecule has 1 aliphatic rings. The van der Waals surface area contributed by atoms with Crippen molar-refractivity contribution in [3.8, 4) is 0 Å². The lowest BCUT2D eigenvalue weighted by Crippen LogP contribution is -2.13. The Balaban J connectivity index is 2.19. The molecule has 0 amide bonds. The van der Waals surface area contributed by atoms with Gasteiger partial charge in [0.15, 0.2) is 0 Å². The molecular formula is C14H12N2. The van der Waals surface area contributed by atoms with Gasteiger partial charge in [-0.3, -0.25) is 9.98 Å². The molecule has 0 aliphatic carbocycles. The Bertz CT molecular complexity index is 584. The second-order valence-corrected chi connectivity index (χ2v) is 4.22. The third-order valence-electron chi connectivity index (χ3n) is 3.07. The average molecular weight is 208 g/mol. The summed E-state index contributed by atoms with van der Waals surface area (Å²) >= 11 is 0. The number of hydrogen-bond donors (Lipinski definition) is 0. The highest BCUT2D eigenvalue weighted by Gasteiger charge is 2.23. The maximum atomic E-state index is 4.49. The molecule has 0 fully saturated rings. The molecule has 3 rings (SSSR count). The van der Waals surface area contributed by atoms with Gasteiger partial charge in [-0.05, 0) is 36.1 Å². The number of aliphatic imine (C=N–C) groups is 1. The number of fused-ring (bicyclic) bond motifs is 1. The standard InChI is InChI=1S/C14H12N2/c1-14(6-2-7-16-14)13-4-3-12-10-15-8-5-11(12)9-13/h2-10H,1H3. The Hall–Kier alpha value is -1.96. The summed E-state index contributed by atoms with van der Waals surface area (Å²) in [7, 11) is 0. The Kier molecular flexibility index (Phi) is 1.90. The van der Waals surface area contributed by atoms with Gasteiger partial charge in [0, 0.05) is 24.0 Å². The monoisotopic (exact) mass is 208 g/mol. The first kappa shape index (κ1) is 9.28. The van der Waals surface area contributed by atoms with Crippen LogP contribution in [0.4, 0.5) is 0 Å². The van der Waals surface area contributed by atoms with Crippen LogP contribution in [0.25, 0.3) is 10.8 Å². The van der Waals surface area contributed by atoms with Crippen molar-refractivity contribution < 1.29 is 0 Å². The van der Waals surface area contributed by atoms with Crippen LogP contribution in [0.15, 0.2) is 53.8 Å². The second-order valence-electron chi connectivity index (χ2n) is 4.22. The molecule has 2 nitrogen and oxygen atoms in total. The van der Waals surface area contributed by atoms with E-state index in [0.29, 0.717) is 0 Å².